The van der Waals surface area contributed by atoms with E-state index in [1.807, 2.05) is 6.92 Å². The molecule has 0 unspecified atom stereocenters. The highest BCUT2D eigenvalue weighted by Crippen LogP contribution is 2.43. The molecule has 0 radical (unpaired) electrons. The Labute approximate surface area is 110 Å². The zero-order chi connectivity index (χ0) is 12.6. The first kappa shape index (κ1) is 13.1. The van der Waals surface area contributed by atoms with E-state index in [9.17, 15) is 9.59 Å². The number of fused-ring (bicyclic) bond motifs is 1. The number of hydrogen-bond donors (Lipinski definition) is 0. The van der Waals surface area contributed by atoms with Gasteiger partial charge in [0.25, 0.3) is 5.91 Å². The van der Waals surface area contributed by atoms with E-state index in [1.165, 1.54) is 10.8 Å². The normalized spacial score (nSPS) is 33.2. The lowest BCUT2D eigenvalue weighted by molar-refractivity contribution is -0.159. The van der Waals surface area contributed by atoms with Crippen molar-refractivity contribution in [1.82, 2.24) is 9.80 Å². The van der Waals surface area contributed by atoms with Crippen molar-refractivity contribution in [3.63, 3.8) is 0 Å². The minimum absolute atomic E-state index is 0.0908. The minimum Gasteiger partial charge on any atom is -0.328 e. The Morgan fingerprint density at radius 2 is 2.18 bits per heavy atom. The van der Waals surface area contributed by atoms with Crippen molar-refractivity contribution >= 4 is 33.4 Å². The van der Waals surface area contributed by atoms with E-state index >= 15 is 0 Å². The van der Waals surface area contributed by atoms with Gasteiger partial charge in [-0.05, 0) is 19.8 Å². The van der Waals surface area contributed by atoms with Gasteiger partial charge in [-0.25, -0.2) is 0 Å². The maximum Gasteiger partial charge on any atom is 0.260 e. The van der Waals surface area contributed by atoms with E-state index in [-0.39, 0.29) is 17.9 Å². The largest absolute Gasteiger partial charge is 0.328 e. The molecule has 2 saturated heterocycles. The van der Waals surface area contributed by atoms with E-state index in [2.05, 4.69) is 6.92 Å². The zero-order valence-electron chi connectivity index (χ0n) is 10.4. The van der Waals surface area contributed by atoms with E-state index in [0.29, 0.717) is 0 Å². The standard InChI is InChI=1S/C11H18N2O2S2/c1-4-16-17-11(2)10(15)13-7-5-6-8(13)9(14)12(11)3/h8H,4-7H2,1-3H3/t8-,11+/m0/s1. The fourth-order valence-corrected chi connectivity index (χ4v) is 4.70. The summed E-state index contributed by atoms with van der Waals surface area (Å²) >= 11 is 0. The maximum atomic E-state index is 12.5. The van der Waals surface area contributed by atoms with Crippen LogP contribution in [0.3, 0.4) is 0 Å². The molecule has 0 N–H and O–H groups in total. The number of piperazine rings is 1. The third-order valence-corrected chi connectivity index (χ3v) is 6.67. The van der Waals surface area contributed by atoms with Crippen molar-refractivity contribution in [2.75, 3.05) is 19.3 Å². The fourth-order valence-electron chi connectivity index (χ4n) is 2.38. The number of likely N-dealkylation sites (N-methyl/N-ethyl adjacent to an activating group) is 1. The van der Waals surface area contributed by atoms with Gasteiger partial charge < -0.3 is 9.80 Å². The number of rotatable bonds is 3. The average Bonchev–Trinajstić information content (AvgIpc) is 2.80. The van der Waals surface area contributed by atoms with Crippen molar-refractivity contribution in [3.8, 4) is 0 Å². The molecule has 0 spiro atoms. The SMILES string of the molecule is CCSS[C@]1(C)C(=O)N2CCC[C@H]2C(=O)N1C. The molecule has 2 aliphatic heterocycles. The second-order valence-corrected chi connectivity index (χ2v) is 7.51. The van der Waals surface area contributed by atoms with Gasteiger partial charge in [-0.1, -0.05) is 28.5 Å². The van der Waals surface area contributed by atoms with Crippen molar-refractivity contribution in [1.29, 1.82) is 0 Å². The monoisotopic (exact) mass is 274 g/mol. The van der Waals surface area contributed by atoms with Crippen molar-refractivity contribution in [2.45, 2.75) is 37.6 Å². The van der Waals surface area contributed by atoms with Crippen LogP contribution >= 0.6 is 21.6 Å². The Bertz CT molecular complexity index is 350. The maximum absolute atomic E-state index is 12.5. The summed E-state index contributed by atoms with van der Waals surface area (Å²) in [6, 6.07) is -0.201. The van der Waals surface area contributed by atoms with Gasteiger partial charge in [-0.15, -0.1) is 0 Å². The van der Waals surface area contributed by atoms with E-state index in [1.54, 1.807) is 27.6 Å². The Hall–Kier alpha value is -0.360. The summed E-state index contributed by atoms with van der Waals surface area (Å²) in [4.78, 5) is 27.4. The highest BCUT2D eigenvalue weighted by molar-refractivity contribution is 8.77. The van der Waals surface area contributed by atoms with Crippen LogP contribution in [0, 0.1) is 0 Å². The minimum atomic E-state index is -0.737. The molecule has 0 aliphatic carbocycles. The molecule has 17 heavy (non-hydrogen) atoms. The van der Waals surface area contributed by atoms with Crippen LogP contribution in [0.2, 0.25) is 0 Å². The first-order chi connectivity index (χ1) is 8.02. The Balaban J connectivity index is 2.26. The smallest absolute Gasteiger partial charge is 0.260 e. The van der Waals surface area contributed by atoms with Crippen LogP contribution in [0.4, 0.5) is 0 Å². The summed E-state index contributed by atoms with van der Waals surface area (Å²) in [5.41, 5.74) is 0. The molecule has 2 rings (SSSR count). The van der Waals surface area contributed by atoms with Crippen molar-refractivity contribution in [2.24, 2.45) is 0 Å². The van der Waals surface area contributed by atoms with Gasteiger partial charge in [0.05, 0.1) is 0 Å². The number of carbonyl (C=O) groups excluding carboxylic acids is 2. The summed E-state index contributed by atoms with van der Waals surface area (Å²) in [7, 11) is 4.88. The number of carbonyl (C=O) groups is 2. The predicted molar refractivity (Wildman–Crippen MR) is 71.6 cm³/mol. The summed E-state index contributed by atoms with van der Waals surface area (Å²) in [5, 5.41) is 0. The Kier molecular flexibility index (Phi) is 3.63. The van der Waals surface area contributed by atoms with Gasteiger partial charge in [0.1, 0.15) is 6.04 Å². The molecule has 0 aromatic rings. The average molecular weight is 274 g/mol. The highest BCUT2D eigenvalue weighted by atomic mass is 33.1. The molecule has 4 nitrogen and oxygen atoms in total. The van der Waals surface area contributed by atoms with Gasteiger partial charge in [0.2, 0.25) is 5.91 Å². The first-order valence-corrected chi connectivity index (χ1v) is 8.23. The molecular formula is C11H18N2O2S2. The van der Waals surface area contributed by atoms with Crippen LogP contribution in [-0.4, -0.2) is 51.9 Å². The Morgan fingerprint density at radius 3 is 2.82 bits per heavy atom. The molecule has 0 saturated carbocycles. The lowest BCUT2D eigenvalue weighted by atomic mass is 10.1. The van der Waals surface area contributed by atoms with Gasteiger partial charge >= 0.3 is 0 Å². The molecule has 6 heteroatoms. The zero-order valence-corrected chi connectivity index (χ0v) is 12.1. The second kappa shape index (κ2) is 4.72. The van der Waals surface area contributed by atoms with Crippen LogP contribution in [0.5, 0.6) is 0 Å². The molecule has 2 amide bonds. The molecule has 0 bridgehead atoms. The van der Waals surface area contributed by atoms with E-state index in [4.69, 9.17) is 0 Å². The quantitative estimate of drug-likeness (QED) is 0.733. The van der Waals surface area contributed by atoms with E-state index < -0.39 is 4.87 Å². The number of amides is 2. The number of nitrogens with zero attached hydrogens (tertiary/aromatic N) is 2. The van der Waals surface area contributed by atoms with Crippen LogP contribution in [0.15, 0.2) is 0 Å². The summed E-state index contributed by atoms with van der Waals surface area (Å²) < 4.78 is 0. The molecule has 0 aromatic carbocycles. The van der Waals surface area contributed by atoms with Crippen LogP contribution in [0.1, 0.15) is 26.7 Å². The molecule has 2 atom stereocenters. The lowest BCUT2D eigenvalue weighted by Crippen LogP contribution is -2.66. The summed E-state index contributed by atoms with van der Waals surface area (Å²) in [6.07, 6.45) is 1.76. The molecule has 96 valence electrons. The Morgan fingerprint density at radius 1 is 1.47 bits per heavy atom. The topological polar surface area (TPSA) is 40.6 Å². The van der Waals surface area contributed by atoms with Gasteiger partial charge in [-0.3, -0.25) is 9.59 Å². The molecule has 2 aliphatic rings. The van der Waals surface area contributed by atoms with Gasteiger partial charge in [-0.2, -0.15) is 0 Å². The first-order valence-electron chi connectivity index (χ1n) is 5.91. The number of hydrogen-bond acceptors (Lipinski definition) is 4. The van der Waals surface area contributed by atoms with Gasteiger partial charge in [0.15, 0.2) is 4.87 Å². The fraction of sp³-hybridized carbons (Fsp3) is 0.818. The van der Waals surface area contributed by atoms with Crippen LogP contribution in [0.25, 0.3) is 0 Å². The third kappa shape index (κ3) is 1.95. The molecular weight excluding hydrogens is 256 g/mol. The summed E-state index contributed by atoms with van der Waals surface area (Å²) in [5.74, 6) is 1.11. The molecule has 0 aromatic heterocycles. The highest BCUT2D eigenvalue weighted by Gasteiger charge is 2.53. The second-order valence-electron chi connectivity index (χ2n) is 4.53. The van der Waals surface area contributed by atoms with Gasteiger partial charge in [0, 0.05) is 19.3 Å². The van der Waals surface area contributed by atoms with Crippen molar-refractivity contribution < 1.29 is 9.59 Å². The van der Waals surface area contributed by atoms with E-state index in [0.717, 1.165) is 25.1 Å². The summed E-state index contributed by atoms with van der Waals surface area (Å²) in [6.45, 7) is 4.64. The van der Waals surface area contributed by atoms with Crippen LogP contribution < -0.4 is 0 Å². The van der Waals surface area contributed by atoms with Crippen LogP contribution in [-0.2, 0) is 9.59 Å². The third-order valence-electron chi connectivity index (χ3n) is 3.51. The van der Waals surface area contributed by atoms with Crippen molar-refractivity contribution in [3.05, 3.63) is 0 Å². The molecule has 2 heterocycles. The predicted octanol–water partition coefficient (Wildman–Crippen LogP) is 1.57. The lowest BCUT2D eigenvalue weighted by Gasteiger charge is -2.46. The molecule has 2 fully saturated rings.